The van der Waals surface area contributed by atoms with E-state index in [1.165, 1.54) is 11.3 Å². The molecular weight excluding hydrogens is 240 g/mol. The normalized spacial score (nSPS) is 11.0. The van der Waals surface area contributed by atoms with Crippen LogP contribution in [0.1, 0.15) is 16.4 Å². The summed E-state index contributed by atoms with van der Waals surface area (Å²) in [6.07, 6.45) is 0.718. The predicted molar refractivity (Wildman–Crippen MR) is 63.0 cm³/mol. The van der Waals surface area contributed by atoms with Crippen LogP contribution in [0.4, 0.5) is 0 Å². The van der Waals surface area contributed by atoms with Crippen LogP contribution in [0.2, 0.25) is 0 Å². The molecule has 0 aromatic carbocycles. The zero-order valence-corrected chi connectivity index (χ0v) is 10.6. The van der Waals surface area contributed by atoms with E-state index in [1.54, 1.807) is 11.8 Å². The summed E-state index contributed by atoms with van der Waals surface area (Å²) in [7, 11) is 1.63. The van der Waals surface area contributed by atoms with E-state index in [0.29, 0.717) is 18.3 Å². The maximum Gasteiger partial charge on any atom is 0.234 e. The monoisotopic (exact) mass is 254 g/mol. The third-order valence-electron chi connectivity index (χ3n) is 2.28. The molecular formula is C9H14N6OS. The standard InChI is InChI=1S/C9H14N6OS/c1-6-7(3-4-10)11-14-15(6)9-13-12-8(17-9)5-16-2/h3-5,10H2,1-2H3. The summed E-state index contributed by atoms with van der Waals surface area (Å²) in [5.74, 6) is 0. The van der Waals surface area contributed by atoms with Crippen molar-refractivity contribution in [3.63, 3.8) is 0 Å². The minimum Gasteiger partial charge on any atom is -0.377 e. The SMILES string of the molecule is COCc1nnc(-n2nnc(CCN)c2C)s1. The van der Waals surface area contributed by atoms with Crippen molar-refractivity contribution in [2.24, 2.45) is 5.73 Å². The Morgan fingerprint density at radius 2 is 2.18 bits per heavy atom. The van der Waals surface area contributed by atoms with Gasteiger partial charge in [-0.1, -0.05) is 16.6 Å². The Hall–Kier alpha value is -1.38. The van der Waals surface area contributed by atoms with E-state index in [0.717, 1.165) is 22.8 Å². The lowest BCUT2D eigenvalue weighted by Gasteiger charge is -1.97. The van der Waals surface area contributed by atoms with E-state index in [9.17, 15) is 0 Å². The average Bonchev–Trinajstić information content (AvgIpc) is 2.89. The molecule has 0 spiro atoms. The molecule has 17 heavy (non-hydrogen) atoms. The third kappa shape index (κ3) is 2.48. The van der Waals surface area contributed by atoms with Crippen LogP contribution < -0.4 is 5.73 Å². The zero-order chi connectivity index (χ0) is 12.3. The second-order valence-electron chi connectivity index (χ2n) is 3.48. The highest BCUT2D eigenvalue weighted by molar-refractivity contribution is 7.13. The summed E-state index contributed by atoms with van der Waals surface area (Å²) >= 11 is 1.44. The van der Waals surface area contributed by atoms with Gasteiger partial charge >= 0.3 is 0 Å². The molecule has 92 valence electrons. The molecule has 0 saturated carbocycles. The first-order valence-electron chi connectivity index (χ1n) is 5.19. The van der Waals surface area contributed by atoms with Gasteiger partial charge in [-0.2, -0.15) is 4.68 Å². The van der Waals surface area contributed by atoms with Crippen LogP contribution in [0.3, 0.4) is 0 Å². The lowest BCUT2D eigenvalue weighted by molar-refractivity contribution is 0.184. The van der Waals surface area contributed by atoms with Gasteiger partial charge in [-0.05, 0) is 13.5 Å². The van der Waals surface area contributed by atoms with E-state index < -0.39 is 0 Å². The van der Waals surface area contributed by atoms with Crippen molar-refractivity contribution in [3.8, 4) is 5.13 Å². The minimum absolute atomic E-state index is 0.459. The number of rotatable bonds is 5. The van der Waals surface area contributed by atoms with Crippen molar-refractivity contribution in [1.82, 2.24) is 25.2 Å². The van der Waals surface area contributed by atoms with E-state index in [4.69, 9.17) is 10.5 Å². The Bertz CT molecular complexity index is 493. The smallest absolute Gasteiger partial charge is 0.234 e. The number of methoxy groups -OCH3 is 1. The summed E-state index contributed by atoms with van der Waals surface area (Å²) in [4.78, 5) is 0. The summed E-state index contributed by atoms with van der Waals surface area (Å²) in [6, 6.07) is 0. The van der Waals surface area contributed by atoms with Crippen molar-refractivity contribution in [3.05, 3.63) is 16.4 Å². The first-order chi connectivity index (χ1) is 8.26. The number of hydrogen-bond donors (Lipinski definition) is 1. The summed E-state index contributed by atoms with van der Waals surface area (Å²) in [5, 5.41) is 17.7. The fourth-order valence-corrected chi connectivity index (χ4v) is 2.23. The molecule has 0 amide bonds. The van der Waals surface area contributed by atoms with Crippen molar-refractivity contribution in [2.75, 3.05) is 13.7 Å². The molecule has 0 aliphatic heterocycles. The van der Waals surface area contributed by atoms with Crippen LogP contribution in [-0.2, 0) is 17.8 Å². The van der Waals surface area contributed by atoms with Crippen LogP contribution in [-0.4, -0.2) is 38.8 Å². The van der Waals surface area contributed by atoms with Gasteiger partial charge in [0.25, 0.3) is 0 Å². The Morgan fingerprint density at radius 1 is 1.35 bits per heavy atom. The summed E-state index contributed by atoms with van der Waals surface area (Å²) in [6.45, 7) is 2.97. The van der Waals surface area contributed by atoms with Gasteiger partial charge in [-0.25, -0.2) is 0 Å². The van der Waals surface area contributed by atoms with Gasteiger partial charge in [-0.15, -0.1) is 15.3 Å². The van der Waals surface area contributed by atoms with Crippen LogP contribution in [0.25, 0.3) is 5.13 Å². The van der Waals surface area contributed by atoms with Gasteiger partial charge in [0.05, 0.1) is 11.4 Å². The molecule has 8 heteroatoms. The molecule has 2 heterocycles. The molecule has 0 saturated heterocycles. The minimum atomic E-state index is 0.459. The second-order valence-corrected chi connectivity index (χ2v) is 4.52. The van der Waals surface area contributed by atoms with Crippen LogP contribution in [0.5, 0.6) is 0 Å². The molecule has 0 fully saturated rings. The highest BCUT2D eigenvalue weighted by atomic mass is 32.1. The molecule has 2 aromatic heterocycles. The van der Waals surface area contributed by atoms with Crippen LogP contribution in [0, 0.1) is 6.92 Å². The van der Waals surface area contributed by atoms with Crippen molar-refractivity contribution in [1.29, 1.82) is 0 Å². The number of nitrogens with zero attached hydrogens (tertiary/aromatic N) is 5. The lowest BCUT2D eigenvalue weighted by Crippen LogP contribution is -2.05. The van der Waals surface area contributed by atoms with Gasteiger partial charge < -0.3 is 10.5 Å². The fourth-order valence-electron chi connectivity index (χ4n) is 1.42. The maximum absolute atomic E-state index is 5.50. The van der Waals surface area contributed by atoms with Gasteiger partial charge in [-0.3, -0.25) is 0 Å². The van der Waals surface area contributed by atoms with E-state index in [2.05, 4.69) is 20.5 Å². The summed E-state index contributed by atoms with van der Waals surface area (Å²) in [5.41, 5.74) is 7.36. The van der Waals surface area contributed by atoms with Gasteiger partial charge in [0, 0.05) is 13.5 Å². The highest BCUT2D eigenvalue weighted by Gasteiger charge is 2.13. The first kappa shape index (κ1) is 12.1. The van der Waals surface area contributed by atoms with E-state index in [-0.39, 0.29) is 0 Å². The quantitative estimate of drug-likeness (QED) is 0.812. The zero-order valence-electron chi connectivity index (χ0n) is 9.75. The third-order valence-corrected chi connectivity index (χ3v) is 3.15. The van der Waals surface area contributed by atoms with Gasteiger partial charge in [0.2, 0.25) is 5.13 Å². The molecule has 2 rings (SSSR count). The Labute approximate surface area is 103 Å². The summed E-state index contributed by atoms with van der Waals surface area (Å²) < 4.78 is 6.68. The number of hydrogen-bond acceptors (Lipinski definition) is 7. The highest BCUT2D eigenvalue weighted by Crippen LogP contribution is 2.17. The second kappa shape index (κ2) is 5.30. The molecule has 0 unspecified atom stereocenters. The Kier molecular flexibility index (Phi) is 3.77. The van der Waals surface area contributed by atoms with Crippen molar-refractivity contribution < 1.29 is 4.74 Å². The van der Waals surface area contributed by atoms with Crippen LogP contribution >= 0.6 is 11.3 Å². The van der Waals surface area contributed by atoms with Gasteiger partial charge in [0.1, 0.15) is 11.6 Å². The molecule has 0 bridgehead atoms. The molecule has 7 nitrogen and oxygen atoms in total. The predicted octanol–water partition coefficient (Wildman–Crippen LogP) is 0.0748. The van der Waals surface area contributed by atoms with Crippen LogP contribution in [0.15, 0.2) is 0 Å². The van der Waals surface area contributed by atoms with Crippen molar-refractivity contribution in [2.45, 2.75) is 20.0 Å². The largest absolute Gasteiger partial charge is 0.377 e. The lowest BCUT2D eigenvalue weighted by atomic mass is 10.2. The molecule has 0 radical (unpaired) electrons. The molecule has 0 aliphatic carbocycles. The number of aromatic nitrogens is 5. The Morgan fingerprint density at radius 3 is 2.88 bits per heavy atom. The molecule has 0 atom stereocenters. The number of nitrogens with two attached hydrogens (primary N) is 1. The topological polar surface area (TPSA) is 91.7 Å². The average molecular weight is 254 g/mol. The molecule has 2 N–H and O–H groups in total. The maximum atomic E-state index is 5.50. The molecule has 0 aliphatic rings. The fraction of sp³-hybridized carbons (Fsp3) is 0.556. The van der Waals surface area contributed by atoms with E-state index in [1.807, 2.05) is 6.92 Å². The first-order valence-corrected chi connectivity index (χ1v) is 6.01. The van der Waals surface area contributed by atoms with Crippen molar-refractivity contribution >= 4 is 11.3 Å². The Balaban J connectivity index is 2.26. The van der Waals surface area contributed by atoms with Gasteiger partial charge in [0.15, 0.2) is 0 Å². The van der Waals surface area contributed by atoms with E-state index >= 15 is 0 Å². The molecule has 2 aromatic rings. The number of ether oxygens (including phenoxy) is 1.